The minimum absolute atomic E-state index is 0.158. The topological polar surface area (TPSA) is 64.3 Å². The van der Waals surface area contributed by atoms with E-state index in [9.17, 15) is 0 Å². The maximum absolute atomic E-state index is 5.86. The minimum Gasteiger partial charge on any atom is -0.464 e. The fourth-order valence-electron chi connectivity index (χ4n) is 3.90. The SMILES string of the molecule is CC1CN(c2nnc(-c3ccc4occc4c3)c3ccncc23)CC(C)O1. The number of aromatic nitrogens is 3. The quantitative estimate of drug-likeness (QED) is 0.537. The number of hydrogen-bond acceptors (Lipinski definition) is 6. The molecular weight excluding hydrogens is 340 g/mol. The van der Waals surface area contributed by atoms with Gasteiger partial charge in [0.05, 0.1) is 18.5 Å². The van der Waals surface area contributed by atoms with Crippen LogP contribution in [-0.4, -0.2) is 40.5 Å². The molecule has 0 N–H and O–H groups in total. The van der Waals surface area contributed by atoms with Crippen molar-refractivity contribution in [3.05, 3.63) is 49.0 Å². The first-order chi connectivity index (χ1) is 13.2. The van der Waals surface area contributed by atoms with Gasteiger partial charge < -0.3 is 14.1 Å². The maximum Gasteiger partial charge on any atom is 0.160 e. The highest BCUT2D eigenvalue weighted by Crippen LogP contribution is 2.33. The van der Waals surface area contributed by atoms with E-state index in [0.29, 0.717) is 0 Å². The Labute approximate surface area is 156 Å². The number of morpholine rings is 1. The van der Waals surface area contributed by atoms with Gasteiger partial charge in [0, 0.05) is 47.2 Å². The molecule has 1 saturated heterocycles. The Kier molecular flexibility index (Phi) is 3.79. The van der Waals surface area contributed by atoms with E-state index in [1.807, 2.05) is 30.5 Å². The van der Waals surface area contributed by atoms with Crippen LogP contribution in [0.2, 0.25) is 0 Å². The van der Waals surface area contributed by atoms with Crippen molar-refractivity contribution in [2.75, 3.05) is 18.0 Å². The summed E-state index contributed by atoms with van der Waals surface area (Å²) < 4.78 is 11.3. The van der Waals surface area contributed by atoms with Crippen molar-refractivity contribution in [1.29, 1.82) is 0 Å². The largest absolute Gasteiger partial charge is 0.464 e. The molecule has 1 aliphatic heterocycles. The van der Waals surface area contributed by atoms with Gasteiger partial charge >= 0.3 is 0 Å². The number of ether oxygens (including phenoxy) is 1. The van der Waals surface area contributed by atoms with Crippen LogP contribution in [-0.2, 0) is 4.74 Å². The Morgan fingerprint density at radius 1 is 1.00 bits per heavy atom. The van der Waals surface area contributed by atoms with E-state index >= 15 is 0 Å². The predicted molar refractivity (Wildman–Crippen MR) is 105 cm³/mol. The molecule has 6 heteroatoms. The fraction of sp³-hybridized carbons (Fsp3) is 0.286. The van der Waals surface area contributed by atoms with E-state index in [0.717, 1.165) is 51.9 Å². The van der Waals surface area contributed by atoms with Gasteiger partial charge in [-0.25, -0.2) is 0 Å². The number of anilines is 1. The molecule has 1 fully saturated rings. The van der Waals surface area contributed by atoms with Gasteiger partial charge in [0.25, 0.3) is 0 Å². The summed E-state index contributed by atoms with van der Waals surface area (Å²) in [5.41, 5.74) is 2.74. The minimum atomic E-state index is 0.158. The van der Waals surface area contributed by atoms with Crippen LogP contribution in [0.1, 0.15) is 13.8 Å². The number of nitrogens with zero attached hydrogens (tertiary/aromatic N) is 4. The third kappa shape index (κ3) is 2.82. The normalized spacial score (nSPS) is 20.4. The van der Waals surface area contributed by atoms with Gasteiger partial charge in [-0.2, -0.15) is 0 Å². The van der Waals surface area contributed by atoms with Crippen molar-refractivity contribution in [3.8, 4) is 11.3 Å². The van der Waals surface area contributed by atoms with E-state index in [1.54, 1.807) is 12.5 Å². The molecule has 136 valence electrons. The van der Waals surface area contributed by atoms with E-state index in [-0.39, 0.29) is 12.2 Å². The standard InChI is InChI=1S/C21H20N4O2/c1-13-11-25(12-14(2)27-13)21-18-10-22-7-5-17(18)20(23-24-21)16-3-4-19-15(9-16)6-8-26-19/h3-10,13-14H,11-12H2,1-2H3. The van der Waals surface area contributed by atoms with Crippen LogP contribution < -0.4 is 4.90 Å². The molecule has 4 heterocycles. The lowest BCUT2D eigenvalue weighted by molar-refractivity contribution is -0.00540. The Morgan fingerprint density at radius 3 is 2.70 bits per heavy atom. The van der Waals surface area contributed by atoms with Gasteiger partial charge in [-0.15, -0.1) is 10.2 Å². The lowest BCUT2D eigenvalue weighted by atomic mass is 10.0. The van der Waals surface area contributed by atoms with Gasteiger partial charge in [-0.05, 0) is 44.2 Å². The summed E-state index contributed by atoms with van der Waals surface area (Å²) in [4.78, 5) is 6.59. The van der Waals surface area contributed by atoms with Crippen molar-refractivity contribution in [1.82, 2.24) is 15.2 Å². The van der Waals surface area contributed by atoms with E-state index < -0.39 is 0 Å². The van der Waals surface area contributed by atoms with Crippen molar-refractivity contribution < 1.29 is 9.15 Å². The van der Waals surface area contributed by atoms with Gasteiger partial charge in [0.15, 0.2) is 5.82 Å². The molecule has 0 saturated carbocycles. The van der Waals surface area contributed by atoms with E-state index in [4.69, 9.17) is 9.15 Å². The van der Waals surface area contributed by atoms with Crippen LogP contribution in [0.15, 0.2) is 53.4 Å². The van der Waals surface area contributed by atoms with Gasteiger partial charge in [0.1, 0.15) is 11.3 Å². The van der Waals surface area contributed by atoms with Crippen LogP contribution in [0, 0.1) is 0 Å². The van der Waals surface area contributed by atoms with E-state index in [2.05, 4.69) is 40.0 Å². The fourth-order valence-corrected chi connectivity index (χ4v) is 3.90. The van der Waals surface area contributed by atoms with E-state index in [1.165, 1.54) is 0 Å². The summed E-state index contributed by atoms with van der Waals surface area (Å²) in [6.45, 7) is 5.77. The molecule has 5 rings (SSSR count). The van der Waals surface area contributed by atoms with Crippen molar-refractivity contribution >= 4 is 27.6 Å². The first-order valence-electron chi connectivity index (χ1n) is 9.17. The summed E-state index contributed by atoms with van der Waals surface area (Å²) in [7, 11) is 0. The summed E-state index contributed by atoms with van der Waals surface area (Å²) >= 11 is 0. The third-order valence-electron chi connectivity index (χ3n) is 5.01. The summed E-state index contributed by atoms with van der Waals surface area (Å²) in [6.07, 6.45) is 5.70. The van der Waals surface area contributed by atoms with Gasteiger partial charge in [-0.3, -0.25) is 4.98 Å². The first kappa shape index (κ1) is 16.2. The third-order valence-corrected chi connectivity index (χ3v) is 5.01. The Bertz CT molecular complexity index is 1110. The molecule has 4 aromatic rings. The zero-order chi connectivity index (χ0) is 18.4. The zero-order valence-electron chi connectivity index (χ0n) is 15.3. The summed E-state index contributed by atoms with van der Waals surface area (Å²) in [5, 5.41) is 12.3. The summed E-state index contributed by atoms with van der Waals surface area (Å²) in [5.74, 6) is 0.869. The molecule has 3 aromatic heterocycles. The molecule has 2 unspecified atom stereocenters. The number of benzene rings is 1. The number of furan rings is 1. The van der Waals surface area contributed by atoms with Crippen LogP contribution in [0.25, 0.3) is 33.0 Å². The first-order valence-corrected chi connectivity index (χ1v) is 9.17. The highest BCUT2D eigenvalue weighted by Gasteiger charge is 2.25. The number of pyridine rings is 1. The smallest absolute Gasteiger partial charge is 0.160 e. The Balaban J connectivity index is 1.65. The van der Waals surface area contributed by atoms with Crippen LogP contribution in [0.4, 0.5) is 5.82 Å². The number of rotatable bonds is 2. The molecule has 0 radical (unpaired) electrons. The predicted octanol–water partition coefficient (Wildman–Crippen LogP) is 4.05. The second kappa shape index (κ2) is 6.32. The molecule has 0 spiro atoms. The molecule has 6 nitrogen and oxygen atoms in total. The Morgan fingerprint density at radius 2 is 1.85 bits per heavy atom. The average Bonchev–Trinajstić information content (AvgIpc) is 3.14. The average molecular weight is 360 g/mol. The second-order valence-electron chi connectivity index (χ2n) is 7.13. The monoisotopic (exact) mass is 360 g/mol. The molecule has 0 aliphatic carbocycles. The second-order valence-corrected chi connectivity index (χ2v) is 7.13. The highest BCUT2D eigenvalue weighted by molar-refractivity contribution is 6.00. The number of hydrogen-bond donors (Lipinski definition) is 0. The number of fused-ring (bicyclic) bond motifs is 2. The van der Waals surface area contributed by atoms with Crippen molar-refractivity contribution in [2.45, 2.75) is 26.1 Å². The van der Waals surface area contributed by atoms with Gasteiger partial charge in [0.2, 0.25) is 0 Å². The van der Waals surface area contributed by atoms with Crippen molar-refractivity contribution in [3.63, 3.8) is 0 Å². The molecule has 2 atom stereocenters. The molecule has 1 aromatic carbocycles. The molecule has 0 bridgehead atoms. The van der Waals surface area contributed by atoms with Gasteiger partial charge in [-0.1, -0.05) is 0 Å². The molecular formula is C21H20N4O2. The lowest BCUT2D eigenvalue weighted by Gasteiger charge is -2.36. The Hall–Kier alpha value is -2.99. The summed E-state index contributed by atoms with van der Waals surface area (Å²) in [6, 6.07) is 10.0. The lowest BCUT2D eigenvalue weighted by Crippen LogP contribution is -2.46. The highest BCUT2D eigenvalue weighted by atomic mass is 16.5. The molecule has 27 heavy (non-hydrogen) atoms. The van der Waals surface area contributed by atoms with Crippen LogP contribution >= 0.6 is 0 Å². The molecule has 0 amide bonds. The zero-order valence-corrected chi connectivity index (χ0v) is 15.3. The maximum atomic E-state index is 5.86. The van der Waals surface area contributed by atoms with Crippen LogP contribution in [0.3, 0.4) is 0 Å². The molecule has 1 aliphatic rings. The van der Waals surface area contributed by atoms with Crippen molar-refractivity contribution in [2.24, 2.45) is 0 Å². The van der Waals surface area contributed by atoms with Crippen LogP contribution in [0.5, 0.6) is 0 Å².